The molecule has 6 heteroatoms. The number of nitrogens with one attached hydrogen (secondary N) is 1. The number of aromatic nitrogens is 2. The highest BCUT2D eigenvalue weighted by Crippen LogP contribution is 2.25. The maximum Gasteiger partial charge on any atom is 0.140 e. The van der Waals surface area contributed by atoms with Gasteiger partial charge in [-0.15, -0.1) is 0 Å². The Morgan fingerprint density at radius 3 is 2.42 bits per heavy atom. The summed E-state index contributed by atoms with van der Waals surface area (Å²) in [6.07, 6.45) is 9.55. The van der Waals surface area contributed by atoms with E-state index in [1.165, 1.54) is 23.3 Å². The molecule has 2 aromatic carbocycles. The van der Waals surface area contributed by atoms with Crippen LogP contribution in [0, 0.1) is 11.6 Å². The number of allylic oxidation sites excluding steroid dienone is 1. The SMILES string of the molecule is C=C(/C=C/NCc1cc(F)cc(F)c1)N(CCC)c1cnc2c(ccn2Cc2ccc(CC)cc2)c1. The average Bonchev–Trinajstić information content (AvgIpc) is 3.26. The lowest BCUT2D eigenvalue weighted by atomic mass is 10.1. The maximum absolute atomic E-state index is 13.4. The van der Waals surface area contributed by atoms with Gasteiger partial charge in [-0.1, -0.05) is 44.7 Å². The van der Waals surface area contributed by atoms with E-state index in [-0.39, 0.29) is 0 Å². The third-order valence-electron chi connectivity index (χ3n) is 6.10. The Morgan fingerprint density at radius 1 is 1.00 bits per heavy atom. The Labute approximate surface area is 211 Å². The Hall–Kier alpha value is -3.93. The second-order valence-corrected chi connectivity index (χ2v) is 8.85. The molecule has 0 bridgehead atoms. The Balaban J connectivity index is 1.45. The molecule has 4 nitrogen and oxygen atoms in total. The van der Waals surface area contributed by atoms with E-state index in [1.54, 1.807) is 6.20 Å². The first-order valence-corrected chi connectivity index (χ1v) is 12.3. The lowest BCUT2D eigenvalue weighted by Crippen LogP contribution is -2.22. The molecule has 4 aromatic rings. The number of rotatable bonds is 11. The van der Waals surface area contributed by atoms with Crippen LogP contribution >= 0.6 is 0 Å². The minimum absolute atomic E-state index is 0.314. The number of nitrogens with zero attached hydrogens (tertiary/aromatic N) is 3. The summed E-state index contributed by atoms with van der Waals surface area (Å²) in [4.78, 5) is 6.90. The zero-order valence-corrected chi connectivity index (χ0v) is 20.8. The summed E-state index contributed by atoms with van der Waals surface area (Å²) < 4.78 is 28.9. The van der Waals surface area contributed by atoms with Gasteiger partial charge in [-0.05, 0) is 66.1 Å². The van der Waals surface area contributed by atoms with Crippen LogP contribution in [-0.4, -0.2) is 16.1 Å². The van der Waals surface area contributed by atoms with Crippen molar-refractivity contribution in [3.63, 3.8) is 0 Å². The number of aryl methyl sites for hydroxylation is 1. The van der Waals surface area contributed by atoms with Crippen molar-refractivity contribution in [1.82, 2.24) is 14.9 Å². The van der Waals surface area contributed by atoms with Crippen molar-refractivity contribution in [2.45, 2.75) is 39.8 Å². The summed E-state index contributed by atoms with van der Waals surface area (Å²) in [7, 11) is 0. The molecule has 2 aromatic heterocycles. The van der Waals surface area contributed by atoms with Crippen LogP contribution in [-0.2, 0) is 19.5 Å². The molecule has 0 atom stereocenters. The number of anilines is 1. The van der Waals surface area contributed by atoms with Crippen molar-refractivity contribution >= 4 is 16.7 Å². The predicted molar refractivity (Wildman–Crippen MR) is 144 cm³/mol. The number of pyridine rings is 1. The first-order chi connectivity index (χ1) is 17.5. The molecule has 36 heavy (non-hydrogen) atoms. The van der Waals surface area contributed by atoms with Gasteiger partial charge < -0.3 is 14.8 Å². The summed E-state index contributed by atoms with van der Waals surface area (Å²) >= 11 is 0. The smallest absolute Gasteiger partial charge is 0.140 e. The van der Waals surface area contributed by atoms with Crippen molar-refractivity contribution in [2.75, 3.05) is 11.4 Å². The van der Waals surface area contributed by atoms with Gasteiger partial charge in [-0.3, -0.25) is 0 Å². The molecule has 0 fully saturated rings. The highest BCUT2D eigenvalue weighted by molar-refractivity contribution is 5.80. The van der Waals surface area contributed by atoms with E-state index in [1.807, 2.05) is 12.3 Å². The van der Waals surface area contributed by atoms with Crippen molar-refractivity contribution in [2.24, 2.45) is 0 Å². The van der Waals surface area contributed by atoms with Gasteiger partial charge in [0.25, 0.3) is 0 Å². The molecule has 0 unspecified atom stereocenters. The van der Waals surface area contributed by atoms with E-state index >= 15 is 0 Å². The number of fused-ring (bicyclic) bond motifs is 1. The largest absolute Gasteiger partial charge is 0.387 e. The Kier molecular flexibility index (Phi) is 8.16. The molecule has 1 N–H and O–H groups in total. The van der Waals surface area contributed by atoms with Gasteiger partial charge in [0.05, 0.1) is 11.9 Å². The minimum atomic E-state index is -0.583. The zero-order chi connectivity index (χ0) is 25.5. The van der Waals surface area contributed by atoms with E-state index in [0.717, 1.165) is 54.4 Å². The second kappa shape index (κ2) is 11.7. The molecular formula is C30H32F2N4. The monoisotopic (exact) mass is 486 g/mol. The van der Waals surface area contributed by atoms with Crippen LogP contribution in [0.15, 0.2) is 91.5 Å². The second-order valence-electron chi connectivity index (χ2n) is 8.85. The van der Waals surface area contributed by atoms with Gasteiger partial charge in [0, 0.05) is 43.0 Å². The lowest BCUT2D eigenvalue weighted by Gasteiger charge is -2.24. The highest BCUT2D eigenvalue weighted by Gasteiger charge is 2.11. The van der Waals surface area contributed by atoms with Gasteiger partial charge in [0.2, 0.25) is 0 Å². The standard InChI is InChI=1S/C30H32F2N4/c1-4-13-36(22(3)10-12-33-19-25-15-27(31)18-28(32)16-25)29-17-26-11-14-35(30(26)34-20-29)21-24-8-6-23(5-2)7-9-24/h6-12,14-18,20,33H,3-5,13,19,21H2,1-2H3/b12-10+. The number of halogens is 2. The Morgan fingerprint density at radius 2 is 1.72 bits per heavy atom. The van der Waals surface area contributed by atoms with E-state index in [0.29, 0.717) is 12.1 Å². The minimum Gasteiger partial charge on any atom is -0.387 e. The van der Waals surface area contributed by atoms with Crippen LogP contribution in [0.3, 0.4) is 0 Å². The molecule has 0 aliphatic rings. The van der Waals surface area contributed by atoms with Gasteiger partial charge >= 0.3 is 0 Å². The van der Waals surface area contributed by atoms with Gasteiger partial charge in [0.1, 0.15) is 17.3 Å². The van der Waals surface area contributed by atoms with Gasteiger partial charge in [-0.25, -0.2) is 13.8 Å². The summed E-state index contributed by atoms with van der Waals surface area (Å²) in [5.74, 6) is -1.17. The van der Waals surface area contributed by atoms with Crippen molar-refractivity contribution in [3.8, 4) is 0 Å². The molecule has 0 amide bonds. The summed E-state index contributed by atoms with van der Waals surface area (Å²) in [6.45, 7) is 10.4. The molecule has 0 aliphatic heterocycles. The Bertz CT molecular complexity index is 1340. The molecule has 0 saturated carbocycles. The normalized spacial score (nSPS) is 11.3. The molecule has 0 aliphatic carbocycles. The van der Waals surface area contributed by atoms with Crippen molar-refractivity contribution in [1.29, 1.82) is 0 Å². The van der Waals surface area contributed by atoms with Crippen LogP contribution in [0.5, 0.6) is 0 Å². The number of hydrogen-bond donors (Lipinski definition) is 1. The lowest BCUT2D eigenvalue weighted by molar-refractivity contribution is 0.578. The molecule has 4 rings (SSSR count). The maximum atomic E-state index is 13.4. The first-order valence-electron chi connectivity index (χ1n) is 12.3. The van der Waals surface area contributed by atoms with Gasteiger partial charge in [-0.2, -0.15) is 0 Å². The number of benzene rings is 2. The predicted octanol–water partition coefficient (Wildman–Crippen LogP) is 6.96. The van der Waals surface area contributed by atoms with Crippen molar-refractivity contribution in [3.05, 3.63) is 120 Å². The molecule has 0 spiro atoms. The summed E-state index contributed by atoms with van der Waals surface area (Å²) in [5.41, 5.74) is 5.83. The fourth-order valence-corrected chi connectivity index (χ4v) is 4.22. The molecule has 2 heterocycles. The topological polar surface area (TPSA) is 33.1 Å². The third-order valence-corrected chi connectivity index (χ3v) is 6.10. The summed E-state index contributed by atoms with van der Waals surface area (Å²) in [6, 6.07) is 16.4. The van der Waals surface area contributed by atoms with Crippen molar-refractivity contribution < 1.29 is 8.78 Å². The third kappa shape index (κ3) is 6.19. The van der Waals surface area contributed by atoms with Crippen LogP contribution < -0.4 is 10.2 Å². The van der Waals surface area contributed by atoms with Crippen LogP contribution in [0.25, 0.3) is 11.0 Å². The van der Waals surface area contributed by atoms with Gasteiger partial charge in [0.15, 0.2) is 0 Å². The number of hydrogen-bond acceptors (Lipinski definition) is 3. The first kappa shape index (κ1) is 25.2. The molecule has 186 valence electrons. The van der Waals surface area contributed by atoms with Crippen LogP contribution in [0.1, 0.15) is 37.0 Å². The average molecular weight is 487 g/mol. The highest BCUT2D eigenvalue weighted by atomic mass is 19.1. The fourth-order valence-electron chi connectivity index (χ4n) is 4.22. The summed E-state index contributed by atoms with van der Waals surface area (Å²) in [5, 5.41) is 4.15. The molecule has 0 radical (unpaired) electrons. The van der Waals surface area contributed by atoms with Crippen LogP contribution in [0.4, 0.5) is 14.5 Å². The van der Waals surface area contributed by atoms with E-state index in [4.69, 9.17) is 4.98 Å². The molecule has 0 saturated heterocycles. The van der Waals surface area contributed by atoms with Crippen LogP contribution in [0.2, 0.25) is 0 Å². The van der Waals surface area contributed by atoms with E-state index in [9.17, 15) is 8.78 Å². The van der Waals surface area contributed by atoms with E-state index < -0.39 is 11.6 Å². The van der Waals surface area contributed by atoms with E-state index in [2.05, 4.69) is 77.8 Å². The molecular weight excluding hydrogens is 454 g/mol. The zero-order valence-electron chi connectivity index (χ0n) is 20.8. The quantitative estimate of drug-likeness (QED) is 0.233. The fraction of sp³-hybridized carbons (Fsp3) is 0.233.